The van der Waals surface area contributed by atoms with Crippen LogP contribution >= 0.6 is 0 Å². The molecule has 0 saturated heterocycles. The molecule has 0 saturated carbocycles. The molecule has 29 heavy (non-hydrogen) atoms. The van der Waals surface area contributed by atoms with Crippen LogP contribution < -0.4 is 10.7 Å². The van der Waals surface area contributed by atoms with Crippen molar-refractivity contribution >= 4 is 11.7 Å². The van der Waals surface area contributed by atoms with E-state index in [0.29, 0.717) is 17.4 Å². The summed E-state index contributed by atoms with van der Waals surface area (Å²) in [6.45, 7) is 4.74. The fraction of sp³-hybridized carbons (Fsp3) is 0.250. The van der Waals surface area contributed by atoms with E-state index in [0.717, 1.165) is 42.0 Å². The van der Waals surface area contributed by atoms with Gasteiger partial charge in [-0.15, -0.1) is 0 Å². The summed E-state index contributed by atoms with van der Waals surface area (Å²) in [4.78, 5) is 16.9. The van der Waals surface area contributed by atoms with Gasteiger partial charge in [-0.1, -0.05) is 49.4 Å². The zero-order valence-electron chi connectivity index (χ0n) is 16.7. The molecule has 1 aliphatic heterocycles. The van der Waals surface area contributed by atoms with E-state index in [4.69, 9.17) is 0 Å². The van der Waals surface area contributed by atoms with E-state index in [-0.39, 0.29) is 5.75 Å². The molecule has 2 heterocycles. The molecular weight excluding hydrogens is 362 g/mol. The van der Waals surface area contributed by atoms with Gasteiger partial charge in [-0.3, -0.25) is 14.4 Å². The van der Waals surface area contributed by atoms with Crippen LogP contribution in [0.3, 0.4) is 0 Å². The third kappa shape index (κ3) is 3.94. The second-order valence-electron chi connectivity index (χ2n) is 7.63. The molecule has 1 aliphatic rings. The summed E-state index contributed by atoms with van der Waals surface area (Å²) in [6.07, 6.45) is 1.92. The first-order chi connectivity index (χ1) is 14.0. The Morgan fingerprint density at radius 3 is 2.59 bits per heavy atom. The Kier molecular flexibility index (Phi) is 5.21. The van der Waals surface area contributed by atoms with E-state index >= 15 is 0 Å². The molecule has 3 aromatic rings. The van der Waals surface area contributed by atoms with Crippen LogP contribution in [0.4, 0.5) is 5.82 Å². The normalized spacial score (nSPS) is 16.3. The fourth-order valence-corrected chi connectivity index (χ4v) is 3.76. The Hall–Kier alpha value is -3.34. The Morgan fingerprint density at radius 1 is 1.07 bits per heavy atom. The molecule has 0 fully saturated rings. The molecule has 2 N–H and O–H groups in total. The molecule has 0 aliphatic carbocycles. The average Bonchev–Trinajstić information content (AvgIpc) is 2.73. The maximum Gasteiger partial charge on any atom is 0.225 e. The number of aromatic nitrogens is 1. The first-order valence-corrected chi connectivity index (χ1v) is 9.95. The minimum Gasteiger partial charge on any atom is -0.503 e. The van der Waals surface area contributed by atoms with E-state index in [9.17, 15) is 9.90 Å². The number of aliphatic imine (C=N–C) groups is 1. The van der Waals surface area contributed by atoms with Gasteiger partial charge in [0, 0.05) is 24.7 Å². The van der Waals surface area contributed by atoms with Gasteiger partial charge in [0.05, 0.1) is 5.69 Å². The topological polar surface area (TPSA) is 66.6 Å². The van der Waals surface area contributed by atoms with Gasteiger partial charge in [0.25, 0.3) is 0 Å². The lowest BCUT2D eigenvalue weighted by Gasteiger charge is -2.23. The summed E-state index contributed by atoms with van der Waals surface area (Å²) in [7, 11) is 0. The van der Waals surface area contributed by atoms with E-state index in [1.54, 1.807) is 6.92 Å². The Bertz CT molecular complexity index is 1120. The van der Waals surface area contributed by atoms with Crippen molar-refractivity contribution in [3.8, 4) is 22.6 Å². The zero-order valence-corrected chi connectivity index (χ0v) is 16.7. The highest BCUT2D eigenvalue weighted by Gasteiger charge is 2.18. The highest BCUT2D eigenvalue weighted by atomic mass is 16.3. The van der Waals surface area contributed by atoms with Crippen LogP contribution in [0.2, 0.25) is 0 Å². The predicted molar refractivity (Wildman–Crippen MR) is 118 cm³/mol. The molecule has 0 amide bonds. The van der Waals surface area contributed by atoms with E-state index in [2.05, 4.69) is 41.5 Å². The van der Waals surface area contributed by atoms with Gasteiger partial charge >= 0.3 is 0 Å². The second kappa shape index (κ2) is 7.95. The largest absolute Gasteiger partial charge is 0.503 e. The molecule has 148 valence electrons. The van der Waals surface area contributed by atoms with Gasteiger partial charge in [-0.05, 0) is 42.5 Å². The van der Waals surface area contributed by atoms with Crippen molar-refractivity contribution < 1.29 is 5.11 Å². The van der Waals surface area contributed by atoms with Gasteiger partial charge < -0.3 is 10.4 Å². The van der Waals surface area contributed by atoms with Crippen LogP contribution in [-0.2, 0) is 0 Å². The first kappa shape index (κ1) is 19.0. The minimum absolute atomic E-state index is 0.236. The number of nitrogens with zero attached hydrogens (tertiary/aromatic N) is 2. The van der Waals surface area contributed by atoms with Gasteiger partial charge in [-0.25, -0.2) is 0 Å². The summed E-state index contributed by atoms with van der Waals surface area (Å²) >= 11 is 0. The molecule has 1 atom stereocenters. The Morgan fingerprint density at radius 2 is 1.83 bits per heavy atom. The van der Waals surface area contributed by atoms with E-state index < -0.39 is 5.43 Å². The smallest absolute Gasteiger partial charge is 0.225 e. The van der Waals surface area contributed by atoms with Crippen molar-refractivity contribution in [2.24, 2.45) is 10.9 Å². The van der Waals surface area contributed by atoms with Gasteiger partial charge in [0.2, 0.25) is 5.43 Å². The van der Waals surface area contributed by atoms with Gasteiger partial charge in [0.1, 0.15) is 11.7 Å². The lowest BCUT2D eigenvalue weighted by molar-refractivity contribution is 0.460. The monoisotopic (exact) mass is 387 g/mol. The Labute approximate surface area is 170 Å². The van der Waals surface area contributed by atoms with Crippen molar-refractivity contribution in [3.63, 3.8) is 0 Å². The molecule has 1 unspecified atom stereocenters. The Balaban J connectivity index is 1.82. The lowest BCUT2D eigenvalue weighted by atomic mass is 10.0. The molecule has 0 bridgehead atoms. The number of amidine groups is 1. The molecule has 2 aromatic carbocycles. The highest BCUT2D eigenvalue weighted by Crippen LogP contribution is 2.27. The highest BCUT2D eigenvalue weighted by molar-refractivity contribution is 5.95. The molecule has 0 spiro atoms. The molecule has 5 heteroatoms. The maximum atomic E-state index is 12.3. The summed E-state index contributed by atoms with van der Waals surface area (Å²) < 4.78 is 1.88. The summed E-state index contributed by atoms with van der Waals surface area (Å²) in [5.41, 5.74) is 3.14. The molecule has 4 rings (SSSR count). The van der Waals surface area contributed by atoms with Crippen molar-refractivity contribution in [2.45, 2.75) is 26.7 Å². The van der Waals surface area contributed by atoms with Crippen LogP contribution in [0.15, 0.2) is 70.5 Å². The molecule has 0 radical (unpaired) electrons. The number of hydrogen-bond acceptors (Lipinski definition) is 4. The molecular formula is C24H25N3O2. The average molecular weight is 387 g/mol. The number of pyridine rings is 1. The van der Waals surface area contributed by atoms with Crippen molar-refractivity contribution in [1.29, 1.82) is 0 Å². The van der Waals surface area contributed by atoms with E-state index in [1.165, 1.54) is 6.07 Å². The zero-order chi connectivity index (χ0) is 20.4. The van der Waals surface area contributed by atoms with Crippen LogP contribution in [0.25, 0.3) is 16.8 Å². The van der Waals surface area contributed by atoms with Crippen molar-refractivity contribution in [3.05, 3.63) is 76.6 Å². The minimum atomic E-state index is -0.398. The van der Waals surface area contributed by atoms with Crippen LogP contribution in [0, 0.1) is 12.8 Å². The standard InChI is InChI=1S/C24H25N3O2/c1-16-11-12-25-22(13-16)26-23-15-21(28)24(29)17(2)27(23)20-10-6-9-19(14-20)18-7-4-3-5-8-18/h3-10,14-16,29H,11-13H2,1-2H3,(H,25,26). The lowest BCUT2D eigenvalue weighted by Crippen LogP contribution is -2.24. The van der Waals surface area contributed by atoms with Crippen LogP contribution in [-0.4, -0.2) is 22.1 Å². The first-order valence-electron chi connectivity index (χ1n) is 9.95. The van der Waals surface area contributed by atoms with Crippen LogP contribution in [0.1, 0.15) is 25.5 Å². The predicted octanol–water partition coefficient (Wildman–Crippen LogP) is 4.76. The van der Waals surface area contributed by atoms with Crippen molar-refractivity contribution in [1.82, 2.24) is 4.57 Å². The molecule has 1 aromatic heterocycles. The van der Waals surface area contributed by atoms with Crippen molar-refractivity contribution in [2.75, 3.05) is 11.9 Å². The number of nitrogens with one attached hydrogen (secondary N) is 1. The third-order valence-corrected chi connectivity index (χ3v) is 5.37. The van der Waals surface area contributed by atoms with Gasteiger partial charge in [0.15, 0.2) is 5.75 Å². The second-order valence-corrected chi connectivity index (χ2v) is 7.63. The molecule has 5 nitrogen and oxygen atoms in total. The van der Waals surface area contributed by atoms with E-state index in [1.807, 2.05) is 34.9 Å². The number of rotatable bonds is 3. The quantitative estimate of drug-likeness (QED) is 0.681. The fourth-order valence-electron chi connectivity index (χ4n) is 3.76. The number of benzene rings is 2. The third-order valence-electron chi connectivity index (χ3n) is 5.37. The number of aromatic hydroxyl groups is 1. The number of hydrogen-bond donors (Lipinski definition) is 2. The SMILES string of the molecule is Cc1c(O)c(=O)cc(NC2=NCCC(C)C2)n1-c1cccc(-c2ccccc2)c1. The summed E-state index contributed by atoms with van der Waals surface area (Å²) in [5.74, 6) is 1.80. The maximum absolute atomic E-state index is 12.3. The number of anilines is 1. The summed E-state index contributed by atoms with van der Waals surface area (Å²) in [5, 5.41) is 13.7. The summed E-state index contributed by atoms with van der Waals surface area (Å²) in [6, 6.07) is 19.6. The van der Waals surface area contributed by atoms with Crippen LogP contribution in [0.5, 0.6) is 5.75 Å². The van der Waals surface area contributed by atoms with Gasteiger partial charge in [-0.2, -0.15) is 0 Å².